The molecule has 0 aliphatic carbocycles. The van der Waals surface area contributed by atoms with Gasteiger partial charge in [-0.25, -0.2) is 8.78 Å². The Morgan fingerprint density at radius 2 is 1.85 bits per heavy atom. The second-order valence-corrected chi connectivity index (χ2v) is 7.08. The molecule has 0 saturated carbocycles. The predicted molar refractivity (Wildman–Crippen MR) is 102 cm³/mol. The van der Waals surface area contributed by atoms with Gasteiger partial charge >= 0.3 is 0 Å². The van der Waals surface area contributed by atoms with Crippen molar-refractivity contribution in [1.82, 2.24) is 15.6 Å². The summed E-state index contributed by atoms with van der Waals surface area (Å²) in [4.78, 5) is 15.8. The van der Waals surface area contributed by atoms with Gasteiger partial charge in [0.2, 0.25) is 5.91 Å². The second-order valence-electron chi connectivity index (χ2n) is 7.08. The van der Waals surface area contributed by atoms with E-state index in [2.05, 4.69) is 35.5 Å². The van der Waals surface area contributed by atoms with Crippen LogP contribution in [0.25, 0.3) is 0 Å². The summed E-state index contributed by atoms with van der Waals surface area (Å²) in [5, 5.41) is 6.17. The molecule has 0 spiro atoms. The lowest BCUT2D eigenvalue weighted by atomic mass is 10.0. The minimum Gasteiger partial charge on any atom is -0.353 e. The van der Waals surface area contributed by atoms with Crippen LogP contribution in [0.2, 0.25) is 0 Å². The van der Waals surface area contributed by atoms with Crippen molar-refractivity contribution in [1.29, 1.82) is 0 Å². The summed E-state index contributed by atoms with van der Waals surface area (Å²) in [5.41, 5.74) is 2.73. The van der Waals surface area contributed by atoms with Gasteiger partial charge in [-0.05, 0) is 60.7 Å². The summed E-state index contributed by atoms with van der Waals surface area (Å²) in [6.45, 7) is 6.99. The van der Waals surface area contributed by atoms with Crippen molar-refractivity contribution < 1.29 is 13.6 Å². The highest BCUT2D eigenvalue weighted by Crippen LogP contribution is 2.14. The molecule has 0 bridgehead atoms. The molecule has 2 N–H and O–H groups in total. The first-order valence-corrected chi connectivity index (χ1v) is 9.21. The number of carbonyl (C=O) groups excluding carboxylic acids is 1. The van der Waals surface area contributed by atoms with Gasteiger partial charge in [0, 0.05) is 31.8 Å². The van der Waals surface area contributed by atoms with E-state index in [1.54, 1.807) is 0 Å². The Morgan fingerprint density at radius 1 is 1.15 bits per heavy atom. The molecule has 1 amide bonds. The topological polar surface area (TPSA) is 54.0 Å². The van der Waals surface area contributed by atoms with Crippen LogP contribution in [0, 0.1) is 11.6 Å². The fourth-order valence-corrected chi connectivity index (χ4v) is 2.97. The molecule has 2 rings (SSSR count). The molecule has 1 heterocycles. The maximum Gasteiger partial charge on any atom is 0.217 e. The van der Waals surface area contributed by atoms with Gasteiger partial charge in [0.25, 0.3) is 0 Å². The molecule has 0 fully saturated rings. The van der Waals surface area contributed by atoms with Gasteiger partial charge in [0.05, 0.1) is 5.69 Å². The van der Waals surface area contributed by atoms with Crippen molar-refractivity contribution in [2.75, 3.05) is 6.54 Å². The van der Waals surface area contributed by atoms with Gasteiger partial charge in [0.15, 0.2) is 0 Å². The van der Waals surface area contributed by atoms with E-state index in [-0.39, 0.29) is 11.9 Å². The van der Waals surface area contributed by atoms with Crippen LogP contribution in [0.15, 0.2) is 36.5 Å². The van der Waals surface area contributed by atoms with Crippen LogP contribution < -0.4 is 10.6 Å². The van der Waals surface area contributed by atoms with E-state index in [0.717, 1.165) is 11.8 Å². The summed E-state index contributed by atoms with van der Waals surface area (Å²) >= 11 is 0. The minimum atomic E-state index is -0.610. The van der Waals surface area contributed by atoms with Gasteiger partial charge in [-0.2, -0.15) is 0 Å². The number of aromatic nitrogens is 1. The molecule has 146 valence electrons. The molecule has 1 aromatic heterocycles. The molecule has 4 nitrogen and oxygen atoms in total. The zero-order chi connectivity index (χ0) is 19.8. The van der Waals surface area contributed by atoms with Gasteiger partial charge in [-0.1, -0.05) is 13.8 Å². The SMILES string of the molecule is CC(=O)N[C@H](CCNCc1cc(C(C)C)ccn1)Cc1cc(F)cc(F)c1. The molecular formula is C21H27F2N3O. The number of hydrogen-bond acceptors (Lipinski definition) is 3. The van der Waals surface area contributed by atoms with E-state index in [9.17, 15) is 13.6 Å². The number of nitrogens with one attached hydrogen (secondary N) is 2. The first-order chi connectivity index (χ1) is 12.8. The Bertz CT molecular complexity index is 745. The number of amides is 1. The highest BCUT2D eigenvalue weighted by Gasteiger charge is 2.12. The number of rotatable bonds is 9. The molecule has 0 saturated heterocycles. The van der Waals surface area contributed by atoms with Crippen molar-refractivity contribution in [2.45, 2.75) is 52.1 Å². The maximum absolute atomic E-state index is 13.4. The average Bonchev–Trinajstić information content (AvgIpc) is 2.57. The number of pyridine rings is 1. The zero-order valence-electron chi connectivity index (χ0n) is 16.1. The molecule has 2 aromatic rings. The third kappa shape index (κ3) is 7.43. The largest absolute Gasteiger partial charge is 0.353 e. The number of benzene rings is 1. The Kier molecular flexibility index (Phi) is 7.85. The van der Waals surface area contributed by atoms with E-state index in [0.29, 0.717) is 37.4 Å². The fourth-order valence-electron chi connectivity index (χ4n) is 2.97. The van der Waals surface area contributed by atoms with Gasteiger partial charge < -0.3 is 10.6 Å². The molecule has 0 aliphatic rings. The number of hydrogen-bond donors (Lipinski definition) is 2. The average molecular weight is 375 g/mol. The van der Waals surface area contributed by atoms with Crippen LogP contribution in [0.1, 0.15) is 49.9 Å². The smallest absolute Gasteiger partial charge is 0.217 e. The fraction of sp³-hybridized carbons (Fsp3) is 0.429. The van der Waals surface area contributed by atoms with E-state index < -0.39 is 11.6 Å². The van der Waals surface area contributed by atoms with Gasteiger partial charge in [-0.3, -0.25) is 9.78 Å². The Morgan fingerprint density at radius 3 is 2.48 bits per heavy atom. The summed E-state index contributed by atoms with van der Waals surface area (Å²) in [6, 6.07) is 7.33. The molecule has 0 radical (unpaired) electrons. The van der Waals surface area contributed by atoms with Crippen molar-refractivity contribution in [2.24, 2.45) is 0 Å². The van der Waals surface area contributed by atoms with Crippen LogP contribution in [-0.4, -0.2) is 23.5 Å². The lowest BCUT2D eigenvalue weighted by molar-refractivity contribution is -0.119. The highest BCUT2D eigenvalue weighted by atomic mass is 19.1. The Labute approximate surface area is 159 Å². The Hall–Kier alpha value is -2.34. The Balaban J connectivity index is 1.88. The zero-order valence-corrected chi connectivity index (χ0v) is 16.1. The summed E-state index contributed by atoms with van der Waals surface area (Å²) in [5.74, 6) is -0.938. The third-order valence-corrected chi connectivity index (χ3v) is 4.29. The minimum absolute atomic E-state index is 0.164. The maximum atomic E-state index is 13.4. The summed E-state index contributed by atoms with van der Waals surface area (Å²) in [7, 11) is 0. The van der Waals surface area contributed by atoms with Crippen molar-refractivity contribution in [3.05, 3.63) is 65.0 Å². The standard InChI is InChI=1S/C21H27F2N3O/c1-14(2)17-4-7-25-21(11-17)13-24-6-5-20(26-15(3)27)10-16-8-18(22)12-19(23)9-16/h4,7-9,11-12,14,20,24H,5-6,10,13H2,1-3H3,(H,26,27)/t20-/m1/s1. The first-order valence-electron chi connectivity index (χ1n) is 9.21. The van der Waals surface area contributed by atoms with Gasteiger partial charge in [0.1, 0.15) is 11.6 Å². The highest BCUT2D eigenvalue weighted by molar-refractivity contribution is 5.73. The van der Waals surface area contributed by atoms with Crippen LogP contribution in [0.3, 0.4) is 0 Å². The number of carbonyl (C=O) groups is 1. The van der Waals surface area contributed by atoms with E-state index >= 15 is 0 Å². The molecule has 1 aromatic carbocycles. The number of halogens is 2. The lowest BCUT2D eigenvalue weighted by Crippen LogP contribution is -2.37. The van der Waals surface area contributed by atoms with Crippen LogP contribution in [-0.2, 0) is 17.8 Å². The van der Waals surface area contributed by atoms with Crippen molar-refractivity contribution in [3.63, 3.8) is 0 Å². The normalized spacial score (nSPS) is 12.2. The quantitative estimate of drug-likeness (QED) is 0.657. The summed E-state index contributed by atoms with van der Waals surface area (Å²) in [6.07, 6.45) is 2.82. The first kappa shape index (κ1) is 21.0. The van der Waals surface area contributed by atoms with Crippen LogP contribution >= 0.6 is 0 Å². The van der Waals surface area contributed by atoms with Crippen molar-refractivity contribution >= 4 is 5.91 Å². The van der Waals surface area contributed by atoms with Crippen molar-refractivity contribution in [3.8, 4) is 0 Å². The van der Waals surface area contributed by atoms with E-state index in [1.807, 2.05) is 12.3 Å². The third-order valence-electron chi connectivity index (χ3n) is 4.29. The molecule has 27 heavy (non-hydrogen) atoms. The van der Waals surface area contributed by atoms with Gasteiger partial charge in [-0.15, -0.1) is 0 Å². The molecule has 0 unspecified atom stereocenters. The predicted octanol–water partition coefficient (Wildman–Crippen LogP) is 3.71. The molecule has 1 atom stereocenters. The lowest BCUT2D eigenvalue weighted by Gasteiger charge is -2.18. The molecular weight excluding hydrogens is 348 g/mol. The second kappa shape index (κ2) is 10.1. The molecule has 0 aliphatic heterocycles. The van der Waals surface area contributed by atoms with E-state index in [1.165, 1.54) is 24.6 Å². The monoisotopic (exact) mass is 375 g/mol. The van der Waals surface area contributed by atoms with Crippen LogP contribution in [0.4, 0.5) is 8.78 Å². The van der Waals surface area contributed by atoms with E-state index in [4.69, 9.17) is 0 Å². The van der Waals surface area contributed by atoms with Crippen LogP contribution in [0.5, 0.6) is 0 Å². The molecule has 6 heteroatoms. The number of nitrogens with zero attached hydrogens (tertiary/aromatic N) is 1. The summed E-state index contributed by atoms with van der Waals surface area (Å²) < 4.78 is 26.8.